The molecule has 15 heteroatoms. The van der Waals surface area contributed by atoms with E-state index in [2.05, 4.69) is 29.9 Å². The Morgan fingerprint density at radius 1 is 1.06 bits per heavy atom. The van der Waals surface area contributed by atoms with E-state index in [4.69, 9.17) is 9.47 Å². The van der Waals surface area contributed by atoms with Crippen LogP contribution in [0, 0.1) is 11.6 Å². The molecule has 2 aromatic carbocycles. The maximum atomic E-state index is 15.4. The van der Waals surface area contributed by atoms with Crippen LogP contribution in [0.25, 0.3) is 11.0 Å². The van der Waals surface area contributed by atoms with E-state index in [1.54, 1.807) is 35.0 Å². The van der Waals surface area contributed by atoms with Gasteiger partial charge in [-0.05, 0) is 60.8 Å². The summed E-state index contributed by atoms with van der Waals surface area (Å²) in [7, 11) is -4.86. The van der Waals surface area contributed by atoms with Crippen molar-refractivity contribution >= 4 is 40.9 Å². The lowest BCUT2D eigenvalue weighted by atomic mass is 10.0. The molecule has 0 spiro atoms. The number of rotatable bonds is 13. The van der Waals surface area contributed by atoms with E-state index in [0.717, 1.165) is 18.2 Å². The number of aromatic nitrogens is 2. The van der Waals surface area contributed by atoms with Crippen molar-refractivity contribution in [3.05, 3.63) is 84.2 Å². The Hall–Kier alpha value is -4.34. The van der Waals surface area contributed by atoms with Crippen molar-refractivity contribution in [3.63, 3.8) is 0 Å². The van der Waals surface area contributed by atoms with Crippen LogP contribution in [-0.2, 0) is 32.5 Å². The lowest BCUT2D eigenvalue weighted by Gasteiger charge is -2.34. The monoisotopic (exact) mass is 714 g/mol. The summed E-state index contributed by atoms with van der Waals surface area (Å²) in [6.45, 7) is 7.81. The molecule has 0 unspecified atom stereocenters. The molecule has 2 amide bonds. The summed E-state index contributed by atoms with van der Waals surface area (Å²) in [5.41, 5.74) is 0.545. The average Bonchev–Trinajstić information content (AvgIpc) is 3.48. The Balaban J connectivity index is 1.26. The molecule has 0 bridgehead atoms. The third kappa shape index (κ3) is 8.82. The van der Waals surface area contributed by atoms with Crippen LogP contribution in [0.15, 0.2) is 71.9 Å². The molecule has 2 N–H and O–H groups in total. The standard InChI is InChI=1S/C34H40F2N4O7SSi/c1-49(2,3)18-17-46-22-40-16-12-26-30(9-13-37-32(26)40)47-31-27(35)19-23(20-28(31)36)21-29(38-34(42)43)33(41)39-14-10-25(11-15-39)48(44,45)24-7-5-4-6-8-24/h4-9,12-13,16,19-20,25,29,38H,10-11,14-15,17-18,21-22H2,1-3H3,(H,42,43)/t29-/m0/s1. The SMILES string of the molecule is C[Si](C)(C)CCOCn1ccc2c(Oc3c(F)cc(C[C@H](NC(=O)O)C(=O)N4CCC(S(=O)(=O)c5ccccc5)CC4)cc3F)ccnc21. The van der Waals surface area contributed by atoms with Gasteiger partial charge in [0.1, 0.15) is 24.2 Å². The lowest BCUT2D eigenvalue weighted by Crippen LogP contribution is -2.52. The van der Waals surface area contributed by atoms with E-state index in [-0.39, 0.29) is 55.3 Å². The van der Waals surface area contributed by atoms with E-state index >= 15 is 8.78 Å². The number of carbonyl (C=O) groups excluding carboxylic acids is 1. The number of benzene rings is 2. The highest BCUT2D eigenvalue weighted by Crippen LogP contribution is 2.34. The van der Waals surface area contributed by atoms with Gasteiger partial charge >= 0.3 is 6.09 Å². The number of pyridine rings is 1. The van der Waals surface area contributed by atoms with Crippen LogP contribution in [0.5, 0.6) is 11.5 Å². The number of nitrogens with one attached hydrogen (secondary N) is 1. The van der Waals surface area contributed by atoms with E-state index in [1.807, 2.05) is 0 Å². The molecule has 0 saturated carbocycles. The predicted octanol–water partition coefficient (Wildman–Crippen LogP) is 6.06. The zero-order valence-corrected chi connectivity index (χ0v) is 29.4. The minimum atomic E-state index is -3.61. The molecule has 1 fully saturated rings. The molecule has 262 valence electrons. The van der Waals surface area contributed by atoms with Crippen LogP contribution in [-0.4, -0.2) is 79.0 Å². The normalized spacial score (nSPS) is 14.9. The van der Waals surface area contributed by atoms with Crippen molar-refractivity contribution in [2.75, 3.05) is 19.7 Å². The minimum absolute atomic E-state index is 0.0255. The van der Waals surface area contributed by atoms with Gasteiger partial charge in [-0.2, -0.15) is 0 Å². The fourth-order valence-electron chi connectivity index (χ4n) is 5.73. The number of amides is 2. The quantitative estimate of drug-likeness (QED) is 0.126. The van der Waals surface area contributed by atoms with Crippen LogP contribution in [0.4, 0.5) is 13.6 Å². The molecule has 1 saturated heterocycles. The number of carbonyl (C=O) groups is 2. The number of nitrogens with zero attached hydrogens (tertiary/aromatic N) is 3. The Morgan fingerprint density at radius 2 is 1.73 bits per heavy atom. The van der Waals surface area contributed by atoms with Gasteiger partial charge < -0.3 is 29.4 Å². The van der Waals surface area contributed by atoms with Gasteiger partial charge in [0.15, 0.2) is 27.2 Å². The van der Waals surface area contributed by atoms with E-state index in [0.29, 0.717) is 17.6 Å². The largest absolute Gasteiger partial charge is 0.465 e. The number of hydrogen-bond acceptors (Lipinski definition) is 7. The second-order valence-electron chi connectivity index (χ2n) is 13.3. The molecule has 49 heavy (non-hydrogen) atoms. The van der Waals surface area contributed by atoms with Crippen molar-refractivity contribution in [2.24, 2.45) is 0 Å². The number of likely N-dealkylation sites (tertiary alicyclic amines) is 1. The van der Waals surface area contributed by atoms with Gasteiger partial charge in [-0.15, -0.1) is 0 Å². The highest BCUT2D eigenvalue weighted by molar-refractivity contribution is 7.92. The Morgan fingerprint density at radius 3 is 2.37 bits per heavy atom. The van der Waals surface area contributed by atoms with Gasteiger partial charge in [0.2, 0.25) is 5.91 Å². The first-order valence-corrected chi connectivity index (χ1v) is 21.2. The van der Waals surface area contributed by atoms with E-state index in [9.17, 15) is 23.1 Å². The maximum Gasteiger partial charge on any atom is 0.405 e. The van der Waals surface area contributed by atoms with Crippen LogP contribution in [0.3, 0.4) is 0 Å². The van der Waals surface area contributed by atoms with E-state index < -0.39 is 58.6 Å². The van der Waals surface area contributed by atoms with Crippen molar-refractivity contribution in [3.8, 4) is 11.5 Å². The Bertz CT molecular complexity index is 1890. The number of piperidine rings is 1. The summed E-state index contributed by atoms with van der Waals surface area (Å²) in [5.74, 6) is -3.18. The molecule has 3 heterocycles. The summed E-state index contributed by atoms with van der Waals surface area (Å²) in [6.07, 6.45) is 1.71. The predicted molar refractivity (Wildman–Crippen MR) is 182 cm³/mol. The molecule has 5 rings (SSSR count). The van der Waals surface area contributed by atoms with Crippen molar-refractivity contribution in [1.29, 1.82) is 0 Å². The first kappa shape index (κ1) is 36.0. The number of carboxylic acid groups (broad SMARTS) is 1. The topological polar surface area (TPSA) is 140 Å². The number of sulfone groups is 1. The molecule has 2 aromatic heterocycles. The second-order valence-corrected chi connectivity index (χ2v) is 21.1. The summed E-state index contributed by atoms with van der Waals surface area (Å²) < 4.78 is 70.1. The van der Waals surface area contributed by atoms with Gasteiger partial charge in [-0.1, -0.05) is 37.8 Å². The summed E-state index contributed by atoms with van der Waals surface area (Å²) >= 11 is 0. The zero-order chi connectivity index (χ0) is 35.3. The molecule has 11 nitrogen and oxygen atoms in total. The first-order valence-electron chi connectivity index (χ1n) is 16.0. The number of halogens is 2. The van der Waals surface area contributed by atoms with Crippen LogP contribution in [0.1, 0.15) is 18.4 Å². The third-order valence-corrected chi connectivity index (χ3v) is 12.4. The smallest absolute Gasteiger partial charge is 0.405 e. The molecule has 0 aliphatic carbocycles. The molecule has 1 aliphatic heterocycles. The van der Waals surface area contributed by atoms with Crippen LogP contribution >= 0.6 is 0 Å². The van der Waals surface area contributed by atoms with E-state index in [1.165, 1.54) is 29.3 Å². The van der Waals surface area contributed by atoms with Crippen LogP contribution < -0.4 is 10.1 Å². The molecule has 1 atom stereocenters. The fraction of sp³-hybridized carbons (Fsp3) is 0.382. The fourth-order valence-corrected chi connectivity index (χ4v) is 8.24. The summed E-state index contributed by atoms with van der Waals surface area (Å²) in [5, 5.41) is 11.4. The molecular weight excluding hydrogens is 675 g/mol. The number of hydrogen-bond donors (Lipinski definition) is 2. The number of fused-ring (bicyclic) bond motifs is 1. The molecule has 1 aliphatic rings. The van der Waals surface area contributed by atoms with Crippen LogP contribution in [0.2, 0.25) is 25.7 Å². The molecule has 4 aromatic rings. The summed E-state index contributed by atoms with van der Waals surface area (Å²) in [6, 6.07) is 12.9. The highest BCUT2D eigenvalue weighted by atomic mass is 32.2. The van der Waals surface area contributed by atoms with Gasteiger partial charge in [0, 0.05) is 46.6 Å². The molecular formula is C34H40F2N4O7SSi. The second kappa shape index (κ2) is 15.0. The highest BCUT2D eigenvalue weighted by Gasteiger charge is 2.35. The van der Waals surface area contributed by atoms with Crippen molar-refractivity contribution in [2.45, 2.75) is 67.9 Å². The van der Waals surface area contributed by atoms with Crippen molar-refractivity contribution < 1.29 is 41.4 Å². The third-order valence-electron chi connectivity index (χ3n) is 8.42. The lowest BCUT2D eigenvalue weighted by molar-refractivity contribution is -0.134. The zero-order valence-electron chi connectivity index (χ0n) is 27.6. The Labute approximate surface area is 284 Å². The van der Waals surface area contributed by atoms with Crippen molar-refractivity contribution in [1.82, 2.24) is 19.8 Å². The summed E-state index contributed by atoms with van der Waals surface area (Å²) in [4.78, 5) is 31.0. The first-order chi connectivity index (χ1) is 23.2. The van der Waals surface area contributed by atoms with Gasteiger partial charge in [0.25, 0.3) is 0 Å². The minimum Gasteiger partial charge on any atom is -0.465 e. The van der Waals surface area contributed by atoms with Gasteiger partial charge in [0.05, 0.1) is 15.5 Å². The van der Waals surface area contributed by atoms with Gasteiger partial charge in [-0.25, -0.2) is 27.0 Å². The average molecular weight is 715 g/mol. The Kier molecular flexibility index (Phi) is 11.0. The maximum absolute atomic E-state index is 15.4. The van der Waals surface area contributed by atoms with Gasteiger partial charge in [-0.3, -0.25) is 4.79 Å². The molecule has 0 radical (unpaired) electrons. The number of ether oxygens (including phenoxy) is 2.